The van der Waals surface area contributed by atoms with Crippen molar-refractivity contribution < 1.29 is 9.53 Å². The van der Waals surface area contributed by atoms with Gasteiger partial charge in [-0.3, -0.25) is 4.79 Å². The molecule has 0 N–H and O–H groups in total. The van der Waals surface area contributed by atoms with Crippen LogP contribution in [0.25, 0.3) is 10.2 Å². The Balaban J connectivity index is 1.29. The number of hydrogen-bond donors (Lipinski definition) is 0. The van der Waals surface area contributed by atoms with Crippen LogP contribution in [0.5, 0.6) is 5.75 Å². The van der Waals surface area contributed by atoms with Crippen LogP contribution < -0.4 is 4.74 Å². The van der Waals surface area contributed by atoms with Crippen LogP contribution in [-0.4, -0.2) is 28.9 Å². The number of hydrogen-bond acceptors (Lipinski definition) is 4. The van der Waals surface area contributed by atoms with E-state index >= 15 is 0 Å². The standard InChI is InChI=1S/C22H22N2O2S/c25-21(14-26-17-11-10-15-5-3-6-16(15)13-17)24-12-4-8-19(24)22-23-18-7-1-2-9-20(18)27-22/h1-2,7,9-11,13,19H,3-6,8,12,14H2/t19-/m1/s1. The average molecular weight is 378 g/mol. The van der Waals surface area contributed by atoms with Gasteiger partial charge in [-0.15, -0.1) is 11.3 Å². The zero-order valence-electron chi connectivity index (χ0n) is 15.2. The number of aromatic nitrogens is 1. The summed E-state index contributed by atoms with van der Waals surface area (Å²) in [7, 11) is 0. The van der Waals surface area contributed by atoms with Crippen LogP contribution in [0.1, 0.15) is 41.4 Å². The number of amides is 1. The molecule has 0 radical (unpaired) electrons. The first kappa shape index (κ1) is 16.8. The molecule has 0 spiro atoms. The lowest BCUT2D eigenvalue weighted by Crippen LogP contribution is -2.34. The number of para-hydroxylation sites is 1. The predicted octanol–water partition coefficient (Wildman–Crippen LogP) is 4.53. The Morgan fingerprint density at radius 1 is 1.15 bits per heavy atom. The summed E-state index contributed by atoms with van der Waals surface area (Å²) in [5.41, 5.74) is 3.81. The Hall–Kier alpha value is -2.40. The van der Waals surface area contributed by atoms with E-state index in [0.717, 1.165) is 48.5 Å². The van der Waals surface area contributed by atoms with Crippen molar-refractivity contribution in [2.75, 3.05) is 13.2 Å². The molecule has 138 valence electrons. The summed E-state index contributed by atoms with van der Waals surface area (Å²) >= 11 is 1.70. The molecule has 1 saturated heterocycles. The minimum absolute atomic E-state index is 0.0530. The van der Waals surface area contributed by atoms with Crippen molar-refractivity contribution in [2.24, 2.45) is 0 Å². The number of carbonyl (C=O) groups excluding carboxylic acids is 1. The molecule has 1 amide bonds. The van der Waals surface area contributed by atoms with Crippen LogP contribution >= 0.6 is 11.3 Å². The molecule has 2 heterocycles. The maximum Gasteiger partial charge on any atom is 0.261 e. The average Bonchev–Trinajstić information content (AvgIpc) is 3.43. The van der Waals surface area contributed by atoms with Crippen molar-refractivity contribution in [3.63, 3.8) is 0 Å². The molecule has 1 atom stereocenters. The van der Waals surface area contributed by atoms with E-state index in [1.165, 1.54) is 22.2 Å². The van der Waals surface area contributed by atoms with Gasteiger partial charge in [-0.2, -0.15) is 0 Å². The summed E-state index contributed by atoms with van der Waals surface area (Å²) in [6.07, 6.45) is 5.49. The third kappa shape index (κ3) is 3.21. The van der Waals surface area contributed by atoms with Gasteiger partial charge in [0.1, 0.15) is 10.8 Å². The second-order valence-electron chi connectivity index (χ2n) is 7.34. The highest BCUT2D eigenvalue weighted by Gasteiger charge is 2.32. The number of nitrogens with zero attached hydrogens (tertiary/aromatic N) is 2. The Morgan fingerprint density at radius 3 is 2.96 bits per heavy atom. The summed E-state index contributed by atoms with van der Waals surface area (Å²) in [6, 6.07) is 14.5. The third-order valence-electron chi connectivity index (χ3n) is 5.60. The fourth-order valence-electron chi connectivity index (χ4n) is 4.22. The minimum atomic E-state index is 0.0530. The van der Waals surface area contributed by atoms with Crippen LogP contribution in [0, 0.1) is 0 Å². The van der Waals surface area contributed by atoms with Crippen molar-refractivity contribution >= 4 is 27.5 Å². The summed E-state index contributed by atoms with van der Waals surface area (Å²) in [6.45, 7) is 0.882. The van der Waals surface area contributed by atoms with E-state index in [1.54, 1.807) is 11.3 Å². The van der Waals surface area contributed by atoms with Crippen molar-refractivity contribution in [1.29, 1.82) is 0 Å². The molecule has 0 bridgehead atoms. The van der Waals surface area contributed by atoms with E-state index in [2.05, 4.69) is 18.2 Å². The van der Waals surface area contributed by atoms with E-state index in [9.17, 15) is 4.79 Å². The molecule has 0 unspecified atom stereocenters. The SMILES string of the molecule is O=C(COc1ccc2c(c1)CCC2)N1CCC[C@@H]1c1nc2ccccc2s1. The van der Waals surface area contributed by atoms with Gasteiger partial charge < -0.3 is 9.64 Å². The molecular formula is C22H22N2O2S. The van der Waals surface area contributed by atoms with Crippen LogP contribution in [0.2, 0.25) is 0 Å². The maximum atomic E-state index is 12.8. The van der Waals surface area contributed by atoms with Gasteiger partial charge in [0, 0.05) is 6.54 Å². The van der Waals surface area contributed by atoms with Gasteiger partial charge >= 0.3 is 0 Å². The van der Waals surface area contributed by atoms with Crippen molar-refractivity contribution in [2.45, 2.75) is 38.1 Å². The quantitative estimate of drug-likeness (QED) is 0.670. The molecule has 0 saturated carbocycles. The van der Waals surface area contributed by atoms with Crippen LogP contribution in [0.4, 0.5) is 0 Å². The van der Waals surface area contributed by atoms with Crippen LogP contribution in [-0.2, 0) is 17.6 Å². The number of rotatable bonds is 4. The monoisotopic (exact) mass is 378 g/mol. The van der Waals surface area contributed by atoms with E-state index in [4.69, 9.17) is 9.72 Å². The number of carbonyl (C=O) groups is 1. The smallest absolute Gasteiger partial charge is 0.261 e. The third-order valence-corrected chi connectivity index (χ3v) is 6.74. The van der Waals surface area contributed by atoms with Gasteiger partial charge in [0.25, 0.3) is 5.91 Å². The maximum absolute atomic E-state index is 12.8. The number of benzene rings is 2. The summed E-state index contributed by atoms with van der Waals surface area (Å²) in [4.78, 5) is 19.5. The van der Waals surface area contributed by atoms with Gasteiger partial charge in [0.15, 0.2) is 6.61 Å². The second kappa shape index (κ2) is 6.97. The molecule has 4 nitrogen and oxygen atoms in total. The molecule has 5 heteroatoms. The van der Waals surface area contributed by atoms with Crippen LogP contribution in [0.3, 0.4) is 0 Å². The molecule has 3 aromatic rings. The van der Waals surface area contributed by atoms with E-state index in [0.29, 0.717) is 0 Å². The minimum Gasteiger partial charge on any atom is -0.484 e. The Morgan fingerprint density at radius 2 is 2.04 bits per heavy atom. The first-order valence-corrected chi connectivity index (χ1v) is 10.5. The highest BCUT2D eigenvalue weighted by Crippen LogP contribution is 2.36. The topological polar surface area (TPSA) is 42.4 Å². The number of aryl methyl sites for hydroxylation is 2. The molecule has 1 aliphatic heterocycles. The van der Waals surface area contributed by atoms with E-state index in [1.807, 2.05) is 29.2 Å². The Labute approximate surface area is 162 Å². The largest absolute Gasteiger partial charge is 0.484 e. The van der Waals surface area contributed by atoms with Gasteiger partial charge in [-0.1, -0.05) is 18.2 Å². The Bertz CT molecular complexity index is 964. The number of ether oxygens (including phenoxy) is 1. The van der Waals surface area contributed by atoms with Crippen molar-refractivity contribution in [1.82, 2.24) is 9.88 Å². The fourth-order valence-corrected chi connectivity index (χ4v) is 5.34. The number of thiazole rings is 1. The Kier molecular flexibility index (Phi) is 4.32. The number of likely N-dealkylation sites (tertiary alicyclic amines) is 1. The molecule has 27 heavy (non-hydrogen) atoms. The summed E-state index contributed by atoms with van der Waals surface area (Å²) < 4.78 is 7.02. The number of fused-ring (bicyclic) bond motifs is 2. The van der Waals surface area contributed by atoms with Gasteiger partial charge in [-0.25, -0.2) is 4.98 Å². The van der Waals surface area contributed by atoms with Crippen molar-refractivity contribution in [3.05, 3.63) is 58.6 Å². The zero-order chi connectivity index (χ0) is 18.2. The fraction of sp³-hybridized carbons (Fsp3) is 0.364. The zero-order valence-corrected chi connectivity index (χ0v) is 16.0. The van der Waals surface area contributed by atoms with Gasteiger partial charge in [0.2, 0.25) is 0 Å². The lowest BCUT2D eigenvalue weighted by molar-refractivity contribution is -0.134. The lowest BCUT2D eigenvalue weighted by atomic mass is 10.1. The molecule has 5 rings (SSSR count). The summed E-state index contributed by atoms with van der Waals surface area (Å²) in [5.74, 6) is 0.858. The molecule has 2 aromatic carbocycles. The van der Waals surface area contributed by atoms with E-state index < -0.39 is 0 Å². The highest BCUT2D eigenvalue weighted by molar-refractivity contribution is 7.18. The highest BCUT2D eigenvalue weighted by atomic mass is 32.1. The molecule has 1 fully saturated rings. The normalized spacial score (nSPS) is 18.8. The first-order chi connectivity index (χ1) is 13.3. The first-order valence-electron chi connectivity index (χ1n) is 9.67. The summed E-state index contributed by atoms with van der Waals surface area (Å²) in [5, 5.41) is 1.04. The van der Waals surface area contributed by atoms with Crippen molar-refractivity contribution in [3.8, 4) is 5.75 Å². The van der Waals surface area contributed by atoms with Crippen LogP contribution in [0.15, 0.2) is 42.5 Å². The van der Waals surface area contributed by atoms with E-state index in [-0.39, 0.29) is 18.6 Å². The molecular weight excluding hydrogens is 356 g/mol. The second-order valence-corrected chi connectivity index (χ2v) is 8.40. The molecule has 1 aromatic heterocycles. The van der Waals surface area contributed by atoms with Gasteiger partial charge in [0.05, 0.1) is 16.3 Å². The lowest BCUT2D eigenvalue weighted by Gasteiger charge is -2.23. The molecule has 2 aliphatic rings. The predicted molar refractivity (Wildman–Crippen MR) is 107 cm³/mol. The van der Waals surface area contributed by atoms with Gasteiger partial charge in [-0.05, 0) is 67.5 Å². The molecule has 1 aliphatic carbocycles.